The third-order valence-electron chi connectivity index (χ3n) is 3.03. The molecule has 0 aliphatic rings. The van der Waals surface area contributed by atoms with Gasteiger partial charge in [0, 0.05) is 16.6 Å². The van der Waals surface area contributed by atoms with Crippen molar-refractivity contribution in [2.24, 2.45) is 0 Å². The highest BCUT2D eigenvalue weighted by Gasteiger charge is 2.20. The molecule has 0 spiro atoms. The molecule has 0 saturated carbocycles. The summed E-state index contributed by atoms with van der Waals surface area (Å²) in [6.45, 7) is 1.06. The van der Waals surface area contributed by atoms with Crippen LogP contribution in [0.4, 0.5) is 0 Å². The number of amides is 1. The molecule has 3 N–H and O–H groups in total. The predicted molar refractivity (Wildman–Crippen MR) is 81.7 cm³/mol. The van der Waals surface area contributed by atoms with Gasteiger partial charge in [-0.3, -0.25) is 4.79 Å². The van der Waals surface area contributed by atoms with Crippen molar-refractivity contribution in [1.82, 2.24) is 5.32 Å². The van der Waals surface area contributed by atoms with Crippen LogP contribution in [-0.2, 0) is 0 Å². The number of fused-ring (bicyclic) bond motifs is 1. The number of carbonyl (C=O) groups excluding carboxylic acids is 1. The van der Waals surface area contributed by atoms with Crippen LogP contribution >= 0.6 is 15.9 Å². The molecule has 2 aromatic rings. The van der Waals surface area contributed by atoms with Gasteiger partial charge in [0.05, 0.1) is 6.61 Å². The Balaban J connectivity index is 2.16. The Hall–Kier alpha value is -1.43. The third-order valence-corrected chi connectivity index (χ3v) is 3.53. The van der Waals surface area contributed by atoms with E-state index in [0.717, 1.165) is 15.2 Å². The van der Waals surface area contributed by atoms with E-state index in [1.54, 1.807) is 12.1 Å². The van der Waals surface area contributed by atoms with Gasteiger partial charge < -0.3 is 15.5 Å². The van der Waals surface area contributed by atoms with Crippen molar-refractivity contribution in [1.29, 1.82) is 0 Å². The molecule has 0 heterocycles. The zero-order valence-electron chi connectivity index (χ0n) is 11.1. The number of hydrogen-bond donors (Lipinski definition) is 3. The lowest BCUT2D eigenvalue weighted by molar-refractivity contribution is 0.00320. The van der Waals surface area contributed by atoms with Gasteiger partial charge in [-0.15, -0.1) is 0 Å². The molecule has 4 nitrogen and oxygen atoms in total. The Labute approximate surface area is 125 Å². The van der Waals surface area contributed by atoms with Crippen molar-refractivity contribution in [3.8, 4) is 0 Å². The largest absolute Gasteiger partial charge is 0.393 e. The predicted octanol–water partition coefficient (Wildman–Crippen LogP) is 2.08. The van der Waals surface area contributed by atoms with Gasteiger partial charge in [0.1, 0.15) is 5.60 Å². The Kier molecular flexibility index (Phi) is 4.42. The Morgan fingerprint density at radius 2 is 1.90 bits per heavy atom. The van der Waals surface area contributed by atoms with Crippen LogP contribution in [0, 0.1) is 0 Å². The maximum Gasteiger partial charge on any atom is 0.251 e. The first-order chi connectivity index (χ1) is 9.41. The molecule has 0 saturated heterocycles. The summed E-state index contributed by atoms with van der Waals surface area (Å²) in [5.74, 6) is -0.274. The molecular formula is C15H16BrNO3. The van der Waals surface area contributed by atoms with Crippen LogP contribution in [-0.4, -0.2) is 34.9 Å². The van der Waals surface area contributed by atoms with Crippen LogP contribution in [0.25, 0.3) is 10.8 Å². The molecule has 0 aliphatic heterocycles. The highest BCUT2D eigenvalue weighted by atomic mass is 79.9. The number of halogens is 1. The summed E-state index contributed by atoms with van der Waals surface area (Å²) in [6, 6.07) is 11.2. The fourth-order valence-electron chi connectivity index (χ4n) is 1.79. The van der Waals surface area contributed by atoms with Gasteiger partial charge >= 0.3 is 0 Å². The normalized spacial score (nSPS) is 14.0. The van der Waals surface area contributed by atoms with Gasteiger partial charge in [-0.1, -0.05) is 28.1 Å². The summed E-state index contributed by atoms with van der Waals surface area (Å²) in [5.41, 5.74) is -0.786. The molecule has 0 bridgehead atoms. The third kappa shape index (κ3) is 3.56. The van der Waals surface area contributed by atoms with E-state index in [1.807, 2.05) is 24.3 Å². The second kappa shape index (κ2) is 5.91. The van der Waals surface area contributed by atoms with Gasteiger partial charge in [0.15, 0.2) is 0 Å². The number of carbonyl (C=O) groups is 1. The number of benzene rings is 2. The van der Waals surface area contributed by atoms with E-state index in [9.17, 15) is 9.90 Å². The van der Waals surface area contributed by atoms with E-state index in [0.29, 0.717) is 5.56 Å². The molecule has 2 aromatic carbocycles. The first-order valence-electron chi connectivity index (χ1n) is 6.22. The summed E-state index contributed by atoms with van der Waals surface area (Å²) >= 11 is 3.40. The van der Waals surface area contributed by atoms with E-state index < -0.39 is 12.2 Å². The molecule has 106 valence electrons. The fourth-order valence-corrected chi connectivity index (χ4v) is 2.17. The van der Waals surface area contributed by atoms with Crippen molar-refractivity contribution in [2.45, 2.75) is 12.5 Å². The SMILES string of the molecule is CC(O)(CO)CNC(=O)c1ccc2cc(Br)ccc2c1. The molecule has 1 unspecified atom stereocenters. The van der Waals surface area contributed by atoms with Crippen molar-refractivity contribution in [2.75, 3.05) is 13.2 Å². The van der Waals surface area contributed by atoms with Crippen LogP contribution in [0.3, 0.4) is 0 Å². The Morgan fingerprint density at radius 1 is 1.25 bits per heavy atom. The Bertz CT molecular complexity index is 640. The molecule has 5 heteroatoms. The van der Waals surface area contributed by atoms with E-state index in [-0.39, 0.29) is 12.5 Å². The summed E-state index contributed by atoms with van der Waals surface area (Å²) in [4.78, 5) is 12.0. The molecule has 1 amide bonds. The lowest BCUT2D eigenvalue weighted by Gasteiger charge is -2.20. The van der Waals surface area contributed by atoms with Gasteiger partial charge in [0.25, 0.3) is 5.91 Å². The van der Waals surface area contributed by atoms with Crippen LogP contribution in [0.15, 0.2) is 40.9 Å². The van der Waals surface area contributed by atoms with Gasteiger partial charge in [-0.25, -0.2) is 0 Å². The lowest BCUT2D eigenvalue weighted by Crippen LogP contribution is -2.43. The summed E-state index contributed by atoms with van der Waals surface area (Å²) in [7, 11) is 0. The minimum Gasteiger partial charge on any atom is -0.393 e. The van der Waals surface area contributed by atoms with Crippen LogP contribution in [0.1, 0.15) is 17.3 Å². The van der Waals surface area contributed by atoms with E-state index >= 15 is 0 Å². The Morgan fingerprint density at radius 3 is 2.60 bits per heavy atom. The van der Waals surface area contributed by atoms with Crippen molar-refractivity contribution >= 4 is 32.6 Å². The maximum absolute atomic E-state index is 12.0. The van der Waals surface area contributed by atoms with Gasteiger partial charge in [0.2, 0.25) is 0 Å². The lowest BCUT2D eigenvalue weighted by atomic mass is 10.1. The zero-order chi connectivity index (χ0) is 14.8. The topological polar surface area (TPSA) is 69.6 Å². The molecule has 0 aromatic heterocycles. The first kappa shape index (κ1) is 15.0. The van der Waals surface area contributed by atoms with E-state index in [2.05, 4.69) is 21.2 Å². The van der Waals surface area contributed by atoms with Gasteiger partial charge in [-0.05, 0) is 42.0 Å². The standard InChI is InChI=1S/C15H16BrNO3/c1-15(20,9-18)8-17-14(19)12-3-2-11-7-13(16)5-4-10(11)6-12/h2-7,18,20H,8-9H2,1H3,(H,17,19). The highest BCUT2D eigenvalue weighted by Crippen LogP contribution is 2.21. The molecule has 20 heavy (non-hydrogen) atoms. The van der Waals surface area contributed by atoms with Crippen LogP contribution < -0.4 is 5.32 Å². The minimum atomic E-state index is -1.31. The molecule has 0 aliphatic carbocycles. The minimum absolute atomic E-state index is 0.000703. The average molecular weight is 338 g/mol. The van der Waals surface area contributed by atoms with E-state index in [4.69, 9.17) is 5.11 Å². The number of aliphatic hydroxyl groups is 2. The zero-order valence-corrected chi connectivity index (χ0v) is 12.6. The highest BCUT2D eigenvalue weighted by molar-refractivity contribution is 9.10. The number of hydrogen-bond acceptors (Lipinski definition) is 3. The van der Waals surface area contributed by atoms with Crippen molar-refractivity contribution in [3.05, 3.63) is 46.4 Å². The molecular weight excluding hydrogens is 322 g/mol. The summed E-state index contributed by atoms with van der Waals surface area (Å²) in [5, 5.41) is 23.2. The van der Waals surface area contributed by atoms with Crippen LogP contribution in [0.2, 0.25) is 0 Å². The fraction of sp³-hybridized carbons (Fsp3) is 0.267. The van der Waals surface area contributed by atoms with Crippen molar-refractivity contribution in [3.63, 3.8) is 0 Å². The molecule has 1 atom stereocenters. The number of nitrogens with one attached hydrogen (secondary N) is 1. The quantitative estimate of drug-likeness (QED) is 0.799. The van der Waals surface area contributed by atoms with Crippen molar-refractivity contribution < 1.29 is 15.0 Å². The average Bonchev–Trinajstić information content (AvgIpc) is 2.44. The molecule has 0 radical (unpaired) electrons. The monoisotopic (exact) mass is 337 g/mol. The molecule has 0 fully saturated rings. The first-order valence-corrected chi connectivity index (χ1v) is 7.01. The number of aliphatic hydroxyl groups excluding tert-OH is 1. The smallest absolute Gasteiger partial charge is 0.251 e. The second-order valence-corrected chi connectivity index (χ2v) is 5.96. The summed E-state index contributed by atoms with van der Waals surface area (Å²) < 4.78 is 0.987. The van der Waals surface area contributed by atoms with Crippen LogP contribution in [0.5, 0.6) is 0 Å². The van der Waals surface area contributed by atoms with E-state index in [1.165, 1.54) is 6.92 Å². The van der Waals surface area contributed by atoms with Gasteiger partial charge in [-0.2, -0.15) is 0 Å². The number of rotatable bonds is 4. The molecule has 2 rings (SSSR count). The summed E-state index contributed by atoms with van der Waals surface area (Å²) in [6.07, 6.45) is 0. The second-order valence-electron chi connectivity index (χ2n) is 5.04. The maximum atomic E-state index is 12.0.